The van der Waals surface area contributed by atoms with Crippen LogP contribution in [0, 0.1) is 5.82 Å². The molecule has 0 spiro atoms. The van der Waals surface area contributed by atoms with Crippen molar-refractivity contribution in [3.63, 3.8) is 0 Å². The molecule has 142 valence electrons. The van der Waals surface area contributed by atoms with E-state index >= 15 is 0 Å². The third-order valence-electron chi connectivity index (χ3n) is 4.30. The molecule has 4 aromatic rings. The van der Waals surface area contributed by atoms with Crippen LogP contribution < -0.4 is 0 Å². The molecule has 1 aromatic heterocycles. The van der Waals surface area contributed by atoms with Crippen LogP contribution in [0.1, 0.15) is 21.6 Å². The second-order valence-electron chi connectivity index (χ2n) is 6.22. The van der Waals surface area contributed by atoms with Crippen molar-refractivity contribution in [3.8, 4) is 0 Å². The molecule has 0 bridgehead atoms. The summed E-state index contributed by atoms with van der Waals surface area (Å²) in [7, 11) is 0. The van der Waals surface area contributed by atoms with Gasteiger partial charge in [0.1, 0.15) is 5.82 Å². The predicted octanol–water partition coefficient (Wildman–Crippen LogP) is 5.58. The van der Waals surface area contributed by atoms with Crippen molar-refractivity contribution in [1.29, 1.82) is 0 Å². The van der Waals surface area contributed by atoms with Crippen LogP contribution in [0.2, 0.25) is 0 Å². The molecule has 0 saturated carbocycles. The van der Waals surface area contributed by atoms with Gasteiger partial charge in [-0.15, -0.1) is 0 Å². The highest BCUT2D eigenvalue weighted by atomic mass is 79.9. The number of hydrogen-bond donors (Lipinski definition) is 1. The molecular formula is C23H19BrFNO2. The average molecular weight is 440 g/mol. The first-order valence-electron chi connectivity index (χ1n) is 8.74. The summed E-state index contributed by atoms with van der Waals surface area (Å²) in [5, 5.41) is 9.52. The van der Waals surface area contributed by atoms with E-state index in [9.17, 15) is 9.18 Å². The van der Waals surface area contributed by atoms with Crippen molar-refractivity contribution in [2.75, 3.05) is 0 Å². The topological polar surface area (TPSA) is 42.2 Å². The molecule has 0 aliphatic rings. The van der Waals surface area contributed by atoms with Gasteiger partial charge in [0, 0.05) is 16.4 Å². The van der Waals surface area contributed by atoms with Crippen molar-refractivity contribution in [2.45, 2.75) is 13.2 Å². The molecule has 1 N–H and O–H groups in total. The lowest BCUT2D eigenvalue weighted by atomic mass is 10.2. The number of rotatable bonds is 4. The number of hydrogen-bond acceptors (Lipinski definition) is 2. The van der Waals surface area contributed by atoms with Crippen LogP contribution in [0.15, 0.2) is 83.3 Å². The zero-order valence-corrected chi connectivity index (χ0v) is 16.6. The number of nitrogens with zero attached hydrogens (tertiary/aromatic N) is 1. The van der Waals surface area contributed by atoms with Gasteiger partial charge in [-0.2, -0.15) is 0 Å². The average Bonchev–Trinajstić information content (AvgIpc) is 3.08. The quantitative estimate of drug-likeness (QED) is 0.421. The van der Waals surface area contributed by atoms with Gasteiger partial charge in [-0.05, 0) is 41.5 Å². The molecule has 0 radical (unpaired) electrons. The maximum atomic E-state index is 13.3. The van der Waals surface area contributed by atoms with Crippen LogP contribution >= 0.6 is 15.9 Å². The molecule has 3 nitrogen and oxygen atoms in total. The van der Waals surface area contributed by atoms with E-state index in [1.54, 1.807) is 6.07 Å². The number of benzene rings is 3. The van der Waals surface area contributed by atoms with Crippen molar-refractivity contribution < 1.29 is 14.3 Å². The zero-order chi connectivity index (χ0) is 19.9. The molecule has 0 saturated heterocycles. The van der Waals surface area contributed by atoms with E-state index in [0.717, 1.165) is 32.8 Å². The number of aldehydes is 1. The van der Waals surface area contributed by atoms with Gasteiger partial charge in [0.15, 0.2) is 6.29 Å². The van der Waals surface area contributed by atoms with E-state index < -0.39 is 0 Å². The lowest BCUT2D eigenvalue weighted by molar-refractivity contribution is 0.111. The first-order valence-corrected chi connectivity index (χ1v) is 9.54. The summed E-state index contributed by atoms with van der Waals surface area (Å²) in [6.45, 7) is 0.604. The van der Waals surface area contributed by atoms with Gasteiger partial charge in [-0.3, -0.25) is 4.79 Å². The Bertz CT molecular complexity index is 1080. The minimum absolute atomic E-state index is 0.140. The Hall–Kier alpha value is -2.76. The van der Waals surface area contributed by atoms with Crippen molar-refractivity contribution in [3.05, 3.63) is 106 Å². The second-order valence-corrected chi connectivity index (χ2v) is 7.07. The van der Waals surface area contributed by atoms with Crippen molar-refractivity contribution in [1.82, 2.24) is 4.57 Å². The van der Waals surface area contributed by atoms with E-state index in [2.05, 4.69) is 15.9 Å². The summed E-state index contributed by atoms with van der Waals surface area (Å²) in [5.41, 5.74) is 3.32. The smallest absolute Gasteiger partial charge is 0.166 e. The Morgan fingerprint density at radius 3 is 2.29 bits per heavy atom. The molecule has 0 atom stereocenters. The van der Waals surface area contributed by atoms with E-state index in [1.165, 1.54) is 12.1 Å². The van der Waals surface area contributed by atoms with Gasteiger partial charge in [-0.25, -0.2) is 4.39 Å². The van der Waals surface area contributed by atoms with Gasteiger partial charge in [-0.1, -0.05) is 64.5 Å². The summed E-state index contributed by atoms with van der Waals surface area (Å²) >= 11 is 3.48. The standard InChI is InChI=1S/C16H11BrFNO.C7H8O/c17-15-5-2-6-16-14(15)8-13(10-20)19(16)9-11-3-1-4-12(18)7-11;8-6-7-4-2-1-3-5-7/h1-8,10H,9H2;1-5,8H,6H2. The monoisotopic (exact) mass is 439 g/mol. The summed E-state index contributed by atoms with van der Waals surface area (Å²) < 4.78 is 16.1. The molecule has 3 aromatic carbocycles. The summed E-state index contributed by atoms with van der Waals surface area (Å²) in [5.74, 6) is -0.271. The van der Waals surface area contributed by atoms with Crippen LogP contribution in [0.5, 0.6) is 0 Å². The number of aliphatic hydroxyl groups is 1. The van der Waals surface area contributed by atoms with Gasteiger partial charge >= 0.3 is 0 Å². The largest absolute Gasteiger partial charge is 0.392 e. The van der Waals surface area contributed by atoms with Crippen LogP contribution in [0.3, 0.4) is 0 Å². The highest BCUT2D eigenvalue weighted by Crippen LogP contribution is 2.27. The fourth-order valence-electron chi connectivity index (χ4n) is 2.94. The lowest BCUT2D eigenvalue weighted by Crippen LogP contribution is -2.03. The van der Waals surface area contributed by atoms with Crippen molar-refractivity contribution >= 4 is 33.1 Å². The fourth-order valence-corrected chi connectivity index (χ4v) is 3.41. The molecule has 0 amide bonds. The van der Waals surface area contributed by atoms with E-state index in [1.807, 2.05) is 65.2 Å². The normalized spacial score (nSPS) is 10.4. The van der Waals surface area contributed by atoms with Crippen LogP contribution in [0.25, 0.3) is 10.9 Å². The Labute approximate surface area is 171 Å². The SMILES string of the molecule is O=Cc1cc2c(Br)cccc2n1Cc1cccc(F)c1.OCc1ccccc1. The first kappa shape index (κ1) is 20.0. The molecule has 0 fully saturated rings. The Morgan fingerprint density at radius 1 is 0.929 bits per heavy atom. The number of carbonyl (C=O) groups is 1. The Kier molecular flexibility index (Phi) is 6.74. The van der Waals surface area contributed by atoms with E-state index in [0.29, 0.717) is 12.2 Å². The van der Waals surface area contributed by atoms with Gasteiger partial charge in [0.2, 0.25) is 0 Å². The molecule has 0 aliphatic carbocycles. The number of carbonyl (C=O) groups excluding carboxylic acids is 1. The second kappa shape index (κ2) is 9.44. The summed E-state index contributed by atoms with van der Waals surface area (Å²) in [4.78, 5) is 11.3. The van der Waals surface area contributed by atoms with Crippen molar-refractivity contribution in [2.24, 2.45) is 0 Å². The van der Waals surface area contributed by atoms with Crippen LogP contribution in [-0.4, -0.2) is 16.0 Å². The van der Waals surface area contributed by atoms with Gasteiger partial charge < -0.3 is 9.67 Å². The van der Waals surface area contributed by atoms with Gasteiger partial charge in [0.05, 0.1) is 17.8 Å². The highest BCUT2D eigenvalue weighted by Gasteiger charge is 2.10. The first-order chi connectivity index (χ1) is 13.6. The molecule has 1 heterocycles. The summed E-state index contributed by atoms with van der Waals surface area (Å²) in [6.07, 6.45) is 0.825. The highest BCUT2D eigenvalue weighted by molar-refractivity contribution is 9.10. The Morgan fingerprint density at radius 2 is 1.64 bits per heavy atom. The minimum Gasteiger partial charge on any atom is -0.392 e. The Balaban J connectivity index is 0.000000236. The number of halogens is 2. The molecule has 5 heteroatoms. The third kappa shape index (κ3) is 4.74. The van der Waals surface area contributed by atoms with E-state index in [-0.39, 0.29) is 12.4 Å². The molecule has 4 rings (SSSR count). The molecule has 28 heavy (non-hydrogen) atoms. The number of fused-ring (bicyclic) bond motifs is 1. The molecule has 0 unspecified atom stereocenters. The van der Waals surface area contributed by atoms with Crippen LogP contribution in [-0.2, 0) is 13.2 Å². The molecule has 0 aliphatic heterocycles. The maximum absolute atomic E-state index is 13.3. The van der Waals surface area contributed by atoms with Crippen LogP contribution in [0.4, 0.5) is 4.39 Å². The predicted molar refractivity (Wildman–Crippen MR) is 113 cm³/mol. The summed E-state index contributed by atoms with van der Waals surface area (Å²) in [6, 6.07) is 23.6. The zero-order valence-electron chi connectivity index (χ0n) is 15.1. The number of aromatic nitrogens is 1. The minimum atomic E-state index is -0.271. The van der Waals surface area contributed by atoms with Gasteiger partial charge in [0.25, 0.3) is 0 Å². The van der Waals surface area contributed by atoms with E-state index in [4.69, 9.17) is 5.11 Å². The molecular weight excluding hydrogens is 421 g/mol. The lowest BCUT2D eigenvalue weighted by Gasteiger charge is -2.08. The third-order valence-corrected chi connectivity index (χ3v) is 4.99. The maximum Gasteiger partial charge on any atom is 0.166 e. The number of aliphatic hydroxyl groups excluding tert-OH is 1. The fraction of sp³-hybridized carbons (Fsp3) is 0.0870.